The van der Waals surface area contributed by atoms with Gasteiger partial charge in [-0.15, -0.1) is 0 Å². The van der Waals surface area contributed by atoms with Crippen LogP contribution in [0.15, 0.2) is 18.2 Å². The van der Waals surface area contributed by atoms with Crippen LogP contribution in [0.1, 0.15) is 55.3 Å². The van der Waals surface area contributed by atoms with Crippen molar-refractivity contribution in [1.29, 1.82) is 0 Å². The summed E-state index contributed by atoms with van der Waals surface area (Å²) >= 11 is 0. The van der Waals surface area contributed by atoms with E-state index in [1.807, 2.05) is 0 Å². The maximum absolute atomic E-state index is 12.2. The molecule has 1 fully saturated rings. The van der Waals surface area contributed by atoms with Crippen LogP contribution in [0.2, 0.25) is 0 Å². The van der Waals surface area contributed by atoms with E-state index in [2.05, 4.69) is 5.32 Å². The standard InChI is InChI=1S/C17H24N2O4/c1-23-16-10-9-14(19(21)22)12-15(16)17(20)18-11-5-8-13-6-3-2-4-7-13/h9-10,12-13H,2-8,11H2,1H3,(H,18,20). The molecule has 1 saturated carbocycles. The third-order valence-corrected chi connectivity index (χ3v) is 4.44. The van der Waals surface area contributed by atoms with Crippen LogP contribution in [0.4, 0.5) is 5.69 Å². The number of benzene rings is 1. The van der Waals surface area contributed by atoms with Crippen molar-refractivity contribution in [3.63, 3.8) is 0 Å². The fraction of sp³-hybridized carbons (Fsp3) is 0.588. The quantitative estimate of drug-likeness (QED) is 0.472. The second-order valence-electron chi connectivity index (χ2n) is 6.04. The maximum Gasteiger partial charge on any atom is 0.270 e. The predicted molar refractivity (Wildman–Crippen MR) is 87.8 cm³/mol. The number of ether oxygens (including phenoxy) is 1. The molecule has 126 valence electrons. The minimum Gasteiger partial charge on any atom is -0.496 e. The Morgan fingerprint density at radius 3 is 2.74 bits per heavy atom. The van der Waals surface area contributed by atoms with Gasteiger partial charge in [-0.25, -0.2) is 0 Å². The Bertz CT molecular complexity index is 554. The van der Waals surface area contributed by atoms with Crippen molar-refractivity contribution in [2.24, 2.45) is 5.92 Å². The average molecular weight is 320 g/mol. The minimum absolute atomic E-state index is 0.113. The molecule has 6 nitrogen and oxygen atoms in total. The molecule has 0 heterocycles. The molecule has 0 aliphatic heterocycles. The first-order valence-electron chi connectivity index (χ1n) is 8.22. The molecule has 0 radical (unpaired) electrons. The summed E-state index contributed by atoms with van der Waals surface area (Å²) in [4.78, 5) is 22.6. The van der Waals surface area contributed by atoms with E-state index >= 15 is 0 Å². The number of hydrogen-bond donors (Lipinski definition) is 1. The van der Waals surface area contributed by atoms with Crippen molar-refractivity contribution < 1.29 is 14.5 Å². The van der Waals surface area contributed by atoms with Crippen LogP contribution in [0, 0.1) is 16.0 Å². The van der Waals surface area contributed by atoms with E-state index in [0.29, 0.717) is 12.3 Å². The lowest BCUT2D eigenvalue weighted by molar-refractivity contribution is -0.384. The first-order valence-corrected chi connectivity index (χ1v) is 8.22. The summed E-state index contributed by atoms with van der Waals surface area (Å²) in [6, 6.07) is 4.04. The smallest absolute Gasteiger partial charge is 0.270 e. The third-order valence-electron chi connectivity index (χ3n) is 4.44. The van der Waals surface area contributed by atoms with Crippen molar-refractivity contribution in [3.05, 3.63) is 33.9 Å². The number of carbonyl (C=O) groups is 1. The summed E-state index contributed by atoms with van der Waals surface area (Å²) in [6.07, 6.45) is 8.66. The summed E-state index contributed by atoms with van der Waals surface area (Å²) in [7, 11) is 1.45. The summed E-state index contributed by atoms with van der Waals surface area (Å²) in [5, 5.41) is 13.7. The molecule has 1 aromatic rings. The average Bonchev–Trinajstić information content (AvgIpc) is 2.58. The molecule has 23 heavy (non-hydrogen) atoms. The Morgan fingerprint density at radius 1 is 1.35 bits per heavy atom. The van der Waals surface area contributed by atoms with Crippen LogP contribution in [0.3, 0.4) is 0 Å². The highest BCUT2D eigenvalue weighted by atomic mass is 16.6. The Hall–Kier alpha value is -2.11. The number of amides is 1. The van der Waals surface area contributed by atoms with Gasteiger partial charge in [0.15, 0.2) is 0 Å². The van der Waals surface area contributed by atoms with Gasteiger partial charge < -0.3 is 10.1 Å². The van der Waals surface area contributed by atoms with E-state index < -0.39 is 4.92 Å². The second kappa shape index (κ2) is 8.50. The largest absolute Gasteiger partial charge is 0.496 e. The van der Waals surface area contributed by atoms with Gasteiger partial charge in [-0.05, 0) is 24.8 Å². The fourth-order valence-corrected chi connectivity index (χ4v) is 3.15. The highest BCUT2D eigenvalue weighted by Gasteiger charge is 2.17. The van der Waals surface area contributed by atoms with Gasteiger partial charge in [-0.3, -0.25) is 14.9 Å². The molecule has 1 aromatic carbocycles. The molecule has 2 rings (SSSR count). The monoisotopic (exact) mass is 320 g/mol. The zero-order chi connectivity index (χ0) is 16.7. The Morgan fingerprint density at radius 2 is 2.09 bits per heavy atom. The van der Waals surface area contributed by atoms with Crippen LogP contribution in [-0.4, -0.2) is 24.5 Å². The lowest BCUT2D eigenvalue weighted by atomic mass is 9.86. The van der Waals surface area contributed by atoms with Gasteiger partial charge in [0.1, 0.15) is 5.75 Å². The zero-order valence-electron chi connectivity index (χ0n) is 13.5. The van der Waals surface area contributed by atoms with Gasteiger partial charge in [0.2, 0.25) is 0 Å². The molecule has 0 bridgehead atoms. The topological polar surface area (TPSA) is 81.5 Å². The molecule has 0 aromatic heterocycles. The Kier molecular flexibility index (Phi) is 6.38. The van der Waals surface area contributed by atoms with E-state index in [1.54, 1.807) is 0 Å². The van der Waals surface area contributed by atoms with Crippen LogP contribution in [-0.2, 0) is 0 Å². The number of methoxy groups -OCH3 is 1. The van der Waals surface area contributed by atoms with E-state index in [1.165, 1.54) is 57.4 Å². The number of nitro benzene ring substituents is 1. The molecular formula is C17H24N2O4. The van der Waals surface area contributed by atoms with Gasteiger partial charge in [-0.2, -0.15) is 0 Å². The maximum atomic E-state index is 12.2. The first-order chi connectivity index (χ1) is 11.1. The predicted octanol–water partition coefficient (Wildman–Crippen LogP) is 3.69. The number of nitrogens with one attached hydrogen (secondary N) is 1. The van der Waals surface area contributed by atoms with Crippen LogP contribution >= 0.6 is 0 Å². The summed E-state index contributed by atoms with van der Waals surface area (Å²) in [5.74, 6) is 0.808. The molecule has 0 saturated heterocycles. The molecule has 1 amide bonds. The number of hydrogen-bond acceptors (Lipinski definition) is 4. The van der Waals surface area contributed by atoms with Crippen LogP contribution < -0.4 is 10.1 Å². The molecule has 1 aliphatic carbocycles. The molecular weight excluding hydrogens is 296 g/mol. The molecule has 0 spiro atoms. The summed E-state index contributed by atoms with van der Waals surface area (Å²) in [5.41, 5.74) is 0.0949. The molecule has 6 heteroatoms. The summed E-state index contributed by atoms with van der Waals surface area (Å²) in [6.45, 7) is 0.585. The van der Waals surface area contributed by atoms with Gasteiger partial charge >= 0.3 is 0 Å². The lowest BCUT2D eigenvalue weighted by Crippen LogP contribution is -2.25. The number of nitro groups is 1. The highest BCUT2D eigenvalue weighted by molar-refractivity contribution is 5.97. The second-order valence-corrected chi connectivity index (χ2v) is 6.04. The number of nitrogens with zero attached hydrogens (tertiary/aromatic N) is 1. The number of non-ortho nitro benzene ring substituents is 1. The Labute approximate surface area is 136 Å². The van der Waals surface area contributed by atoms with Crippen LogP contribution in [0.25, 0.3) is 0 Å². The molecule has 1 aliphatic rings. The van der Waals surface area contributed by atoms with Crippen molar-refractivity contribution in [3.8, 4) is 5.75 Å². The number of carbonyl (C=O) groups excluding carboxylic acids is 1. The molecule has 1 N–H and O–H groups in total. The Balaban J connectivity index is 1.86. The highest BCUT2D eigenvalue weighted by Crippen LogP contribution is 2.27. The van der Waals surface area contributed by atoms with Gasteiger partial charge in [0.05, 0.1) is 17.6 Å². The van der Waals surface area contributed by atoms with E-state index in [-0.39, 0.29) is 17.2 Å². The summed E-state index contributed by atoms with van der Waals surface area (Å²) < 4.78 is 5.12. The normalized spacial score (nSPS) is 15.2. The first kappa shape index (κ1) is 17.2. The van der Waals surface area contributed by atoms with Gasteiger partial charge in [0.25, 0.3) is 11.6 Å². The number of rotatable bonds is 7. The van der Waals surface area contributed by atoms with Crippen molar-refractivity contribution >= 4 is 11.6 Å². The fourth-order valence-electron chi connectivity index (χ4n) is 3.15. The van der Waals surface area contributed by atoms with Crippen molar-refractivity contribution in [2.45, 2.75) is 44.9 Å². The van der Waals surface area contributed by atoms with Crippen LogP contribution in [0.5, 0.6) is 5.75 Å². The van der Waals surface area contributed by atoms with Crippen molar-refractivity contribution in [1.82, 2.24) is 5.32 Å². The SMILES string of the molecule is COc1ccc([N+](=O)[O-])cc1C(=O)NCCCC1CCCCC1. The van der Waals surface area contributed by atoms with E-state index in [4.69, 9.17) is 4.74 Å². The van der Waals surface area contributed by atoms with Gasteiger partial charge in [-0.1, -0.05) is 32.1 Å². The minimum atomic E-state index is -0.515. The van der Waals surface area contributed by atoms with Gasteiger partial charge in [0, 0.05) is 18.7 Å². The lowest BCUT2D eigenvalue weighted by Gasteiger charge is -2.21. The van der Waals surface area contributed by atoms with E-state index in [9.17, 15) is 14.9 Å². The molecule has 0 atom stereocenters. The molecule has 0 unspecified atom stereocenters. The van der Waals surface area contributed by atoms with Crippen molar-refractivity contribution in [2.75, 3.05) is 13.7 Å². The zero-order valence-corrected chi connectivity index (χ0v) is 13.5. The third kappa shape index (κ3) is 4.94. The van der Waals surface area contributed by atoms with E-state index in [0.717, 1.165) is 18.8 Å².